The minimum atomic E-state index is -4.48. The van der Waals surface area contributed by atoms with E-state index in [1.54, 1.807) is 18.5 Å². The molecule has 0 radical (unpaired) electrons. The lowest BCUT2D eigenvalue weighted by atomic mass is 9.98. The van der Waals surface area contributed by atoms with Gasteiger partial charge in [-0.05, 0) is 31.0 Å². The lowest BCUT2D eigenvalue weighted by Crippen LogP contribution is -2.55. The maximum atomic E-state index is 13.3. The zero-order chi connectivity index (χ0) is 25.8. The van der Waals surface area contributed by atoms with Crippen LogP contribution in [-0.2, 0) is 11.0 Å². The number of rotatable bonds is 4. The summed E-state index contributed by atoms with van der Waals surface area (Å²) in [7, 11) is 0. The van der Waals surface area contributed by atoms with Crippen molar-refractivity contribution >= 4 is 23.6 Å². The van der Waals surface area contributed by atoms with Gasteiger partial charge in [0.15, 0.2) is 5.82 Å². The highest BCUT2D eigenvalue weighted by atomic mass is 19.4. The van der Waals surface area contributed by atoms with Crippen LogP contribution in [0.5, 0.6) is 0 Å². The minimum Gasteiger partial charge on any atom is -0.354 e. The van der Waals surface area contributed by atoms with E-state index in [0.29, 0.717) is 56.2 Å². The van der Waals surface area contributed by atoms with Crippen LogP contribution in [0.2, 0.25) is 0 Å². The summed E-state index contributed by atoms with van der Waals surface area (Å²) in [6.07, 6.45) is 2.47. The first-order valence-electron chi connectivity index (χ1n) is 11.9. The van der Waals surface area contributed by atoms with Gasteiger partial charge in [0.2, 0.25) is 0 Å². The summed E-state index contributed by atoms with van der Waals surface area (Å²) >= 11 is 0. The molecule has 0 bridgehead atoms. The van der Waals surface area contributed by atoms with Gasteiger partial charge in [-0.15, -0.1) is 0 Å². The van der Waals surface area contributed by atoms with Crippen LogP contribution in [0, 0.1) is 22.7 Å². The van der Waals surface area contributed by atoms with Crippen molar-refractivity contribution in [2.24, 2.45) is 16.4 Å². The number of amides is 1. The van der Waals surface area contributed by atoms with E-state index in [4.69, 9.17) is 0 Å². The van der Waals surface area contributed by atoms with E-state index in [-0.39, 0.29) is 23.7 Å². The van der Waals surface area contributed by atoms with Gasteiger partial charge < -0.3 is 10.2 Å². The Hall–Kier alpha value is -4.05. The van der Waals surface area contributed by atoms with Crippen molar-refractivity contribution < 1.29 is 18.0 Å². The highest BCUT2D eigenvalue weighted by molar-refractivity contribution is 5.89. The molecule has 13 heteroatoms. The van der Waals surface area contributed by atoms with Crippen LogP contribution in [-0.4, -0.2) is 68.7 Å². The second-order valence-electron chi connectivity index (χ2n) is 9.54. The maximum absolute atomic E-state index is 13.3. The molecule has 6 rings (SSSR count). The van der Waals surface area contributed by atoms with Crippen LogP contribution < -0.4 is 10.2 Å². The number of anilines is 1. The predicted molar refractivity (Wildman–Crippen MR) is 126 cm³/mol. The molecule has 0 aromatic carbocycles. The molecule has 1 saturated carbocycles. The number of hydrogen-bond acceptors (Lipinski definition) is 8. The molecule has 37 heavy (non-hydrogen) atoms. The van der Waals surface area contributed by atoms with Crippen molar-refractivity contribution in [3.8, 4) is 17.6 Å². The highest BCUT2D eigenvalue weighted by Crippen LogP contribution is 2.47. The summed E-state index contributed by atoms with van der Waals surface area (Å²) < 4.78 is 41.1. The second-order valence-corrected chi connectivity index (χ2v) is 9.54. The zero-order valence-corrected chi connectivity index (χ0v) is 19.6. The summed E-state index contributed by atoms with van der Waals surface area (Å²) in [6.45, 7) is 2.34. The van der Waals surface area contributed by atoms with Crippen molar-refractivity contribution in [3.05, 3.63) is 42.4 Å². The normalized spacial score (nSPS) is 22.9. The Balaban J connectivity index is 1.20. The Labute approximate surface area is 209 Å². The predicted octanol–water partition coefficient (Wildman–Crippen LogP) is 2.34. The van der Waals surface area contributed by atoms with Crippen molar-refractivity contribution in [2.75, 3.05) is 31.1 Å². The number of nitrogens with one attached hydrogen (secondary N) is 1. The van der Waals surface area contributed by atoms with Gasteiger partial charge in [-0.25, -0.2) is 20.0 Å². The minimum absolute atomic E-state index is 0.00362. The highest BCUT2D eigenvalue weighted by Gasteiger charge is 2.53. The molecule has 3 aromatic heterocycles. The average Bonchev–Trinajstić information content (AvgIpc) is 3.35. The third kappa shape index (κ3) is 4.17. The summed E-state index contributed by atoms with van der Waals surface area (Å²) in [4.78, 5) is 27.9. The monoisotopic (exact) mass is 509 g/mol. The van der Waals surface area contributed by atoms with Gasteiger partial charge in [0.1, 0.15) is 22.6 Å². The van der Waals surface area contributed by atoms with E-state index in [0.717, 1.165) is 12.3 Å². The van der Waals surface area contributed by atoms with Crippen LogP contribution in [0.1, 0.15) is 18.4 Å². The van der Waals surface area contributed by atoms with Crippen molar-refractivity contribution in [1.29, 1.82) is 5.26 Å². The number of alkyl halides is 3. The SMILES string of the molecule is N#CC1(C(=O)N2CC([C@@H]3CN(c4ccnc(-c5cnc6ccc(C(F)(F)F)cn56)n4)CCN3)C=N2)CC1. The van der Waals surface area contributed by atoms with E-state index in [9.17, 15) is 23.2 Å². The van der Waals surface area contributed by atoms with Gasteiger partial charge in [-0.3, -0.25) is 9.20 Å². The fourth-order valence-corrected chi connectivity index (χ4v) is 4.81. The van der Waals surface area contributed by atoms with Crippen LogP contribution in [0.4, 0.5) is 19.0 Å². The summed E-state index contributed by atoms with van der Waals surface area (Å²) in [5, 5.41) is 18.5. The van der Waals surface area contributed by atoms with Crippen molar-refractivity contribution in [1.82, 2.24) is 29.7 Å². The van der Waals surface area contributed by atoms with E-state index in [1.165, 1.54) is 21.7 Å². The number of aromatic nitrogens is 4. The summed E-state index contributed by atoms with van der Waals surface area (Å²) in [6, 6.07) is 6.20. The third-order valence-corrected chi connectivity index (χ3v) is 7.14. The molecule has 2 atom stereocenters. The number of fused-ring (bicyclic) bond motifs is 1. The van der Waals surface area contributed by atoms with E-state index >= 15 is 0 Å². The van der Waals surface area contributed by atoms with Gasteiger partial charge in [0.25, 0.3) is 5.91 Å². The fraction of sp³-hybridized carbons (Fsp3) is 0.417. The largest absolute Gasteiger partial charge is 0.417 e. The maximum Gasteiger partial charge on any atom is 0.417 e. The molecule has 0 spiro atoms. The smallest absolute Gasteiger partial charge is 0.354 e. The van der Waals surface area contributed by atoms with Crippen molar-refractivity contribution in [2.45, 2.75) is 25.1 Å². The number of pyridine rings is 1. The molecule has 1 aliphatic carbocycles. The number of piperazine rings is 1. The molecule has 1 N–H and O–H groups in total. The third-order valence-electron chi connectivity index (χ3n) is 7.14. The molecule has 1 amide bonds. The Bertz CT molecular complexity index is 1440. The average molecular weight is 509 g/mol. The number of imidazole rings is 1. The number of halogens is 3. The summed E-state index contributed by atoms with van der Waals surface area (Å²) in [5.74, 6) is 0.651. The van der Waals surface area contributed by atoms with Crippen LogP contribution >= 0.6 is 0 Å². The molecule has 2 fully saturated rings. The molecule has 3 aromatic rings. The Morgan fingerprint density at radius 2 is 2.03 bits per heavy atom. The zero-order valence-electron chi connectivity index (χ0n) is 19.6. The number of hydrazone groups is 1. The van der Waals surface area contributed by atoms with Crippen LogP contribution in [0.15, 0.2) is 41.9 Å². The Morgan fingerprint density at radius 1 is 1.19 bits per heavy atom. The lowest BCUT2D eigenvalue weighted by Gasteiger charge is -2.36. The van der Waals surface area contributed by atoms with Gasteiger partial charge in [-0.1, -0.05) is 0 Å². The number of carbonyl (C=O) groups is 1. The molecule has 5 heterocycles. The molecule has 10 nitrogen and oxygen atoms in total. The van der Waals surface area contributed by atoms with E-state index in [1.807, 2.05) is 0 Å². The van der Waals surface area contributed by atoms with Gasteiger partial charge >= 0.3 is 6.18 Å². The topological polar surface area (TPSA) is 115 Å². The lowest BCUT2D eigenvalue weighted by molar-refractivity contribution is -0.138. The Morgan fingerprint density at radius 3 is 2.78 bits per heavy atom. The number of carbonyl (C=O) groups excluding carboxylic acids is 1. The van der Waals surface area contributed by atoms with E-state index in [2.05, 4.69) is 36.3 Å². The quantitative estimate of drug-likeness (QED) is 0.574. The van der Waals surface area contributed by atoms with Gasteiger partial charge in [0, 0.05) is 50.2 Å². The molecule has 1 unspecified atom stereocenters. The number of hydrogen-bond donors (Lipinski definition) is 1. The molecular formula is C24H22F3N9O. The van der Waals surface area contributed by atoms with Gasteiger partial charge in [-0.2, -0.15) is 23.5 Å². The van der Waals surface area contributed by atoms with E-state index < -0.39 is 17.2 Å². The number of nitriles is 1. The van der Waals surface area contributed by atoms with Gasteiger partial charge in [0.05, 0.1) is 24.4 Å². The molecule has 190 valence electrons. The van der Waals surface area contributed by atoms with Crippen LogP contribution in [0.25, 0.3) is 17.2 Å². The fourth-order valence-electron chi connectivity index (χ4n) is 4.81. The first-order chi connectivity index (χ1) is 17.8. The Kier molecular flexibility index (Phi) is 5.38. The molecule has 2 aliphatic heterocycles. The van der Waals surface area contributed by atoms with Crippen molar-refractivity contribution in [3.63, 3.8) is 0 Å². The molecule has 3 aliphatic rings. The molecular weight excluding hydrogens is 487 g/mol. The molecule has 1 saturated heterocycles. The summed E-state index contributed by atoms with van der Waals surface area (Å²) in [5.41, 5.74) is -0.969. The standard InChI is InChI=1S/C24H22F3N9O/c25-24(26,27)16-1-2-19-31-10-18(35(19)12-16)21-30-6-3-20(33-21)34-8-7-29-17(13-34)15-9-32-36(11-15)22(37)23(14-28)4-5-23/h1-3,6,9-10,12,15,17,29H,4-5,7-8,11,13H2/t15?,17-/m0/s1. The van der Waals surface area contributed by atoms with Crippen LogP contribution in [0.3, 0.4) is 0 Å². The number of nitrogens with zero attached hydrogens (tertiary/aromatic N) is 8. The second kappa shape index (κ2) is 8.52. The first-order valence-corrected chi connectivity index (χ1v) is 11.9. The first kappa shape index (κ1) is 23.4.